The van der Waals surface area contributed by atoms with Gasteiger partial charge in [-0.15, -0.1) is 0 Å². The number of nitrogens with two attached hydrogens (primary N) is 1. The van der Waals surface area contributed by atoms with E-state index in [0.717, 1.165) is 134 Å². The van der Waals surface area contributed by atoms with Gasteiger partial charge in [-0.25, -0.2) is 8.42 Å². The molecule has 4 fully saturated rings. The molecule has 140 heavy (non-hydrogen) atoms. The number of azo groups is 1. The molecule has 5 N–H and O–H groups in total. The van der Waals surface area contributed by atoms with Crippen molar-refractivity contribution in [1.29, 1.82) is 10.5 Å². The molecule has 0 saturated carbocycles. The van der Waals surface area contributed by atoms with Gasteiger partial charge in [-0.2, -0.15) is 20.8 Å². The third-order valence-electron chi connectivity index (χ3n) is 25.0. The number of ether oxygens (including phenoxy) is 3. The van der Waals surface area contributed by atoms with Gasteiger partial charge in [0.15, 0.2) is 11.1 Å². The molecule has 5 aliphatic heterocycles. The van der Waals surface area contributed by atoms with Crippen molar-refractivity contribution in [3.05, 3.63) is 292 Å². The monoisotopic (exact) mass is 2000 g/mol. The second-order valence-electron chi connectivity index (χ2n) is 37.0. The normalized spacial score (nSPS) is 15.2. The quantitative estimate of drug-likeness (QED) is 0.00476. The van der Waals surface area contributed by atoms with Crippen molar-refractivity contribution in [2.45, 2.75) is 177 Å². The number of rotatable bonds is 34. The summed E-state index contributed by atoms with van der Waals surface area (Å²) in [5.41, 5.74) is 15.5. The Morgan fingerprint density at radius 3 is 1.42 bits per heavy atom. The first-order valence-electron chi connectivity index (χ1n) is 49.1. The number of benzene rings is 9. The second kappa shape index (κ2) is 64.5. The van der Waals surface area contributed by atoms with Crippen molar-refractivity contribution >= 4 is 81.9 Å². The maximum atomic E-state index is 13.2. The summed E-state index contributed by atoms with van der Waals surface area (Å²) >= 11 is 6.56. The molecule has 749 valence electrons. The summed E-state index contributed by atoms with van der Waals surface area (Å²) in [5, 5.41) is 39.8. The molecule has 0 aliphatic carbocycles. The fourth-order valence-electron chi connectivity index (χ4n) is 16.9. The van der Waals surface area contributed by atoms with E-state index in [1.54, 1.807) is 66.0 Å². The Morgan fingerprint density at radius 1 is 0.579 bits per heavy atom. The standard InChI is InChI=1S/C30H33N3O4S.C24H32N2O2.C16H26N2.C14H22N2.C11H13BrO2.C9H10O2.C8H12N4.BHNS/c1-32(16-7-17-33-18-14-23(15-19-33)20-22-8-3-2-4-9-22)30(35)24-12-13-28-26(21-24)31-29(34)25-10-5-6-11-27(25)38(28,36)37;1-27-23-10-9-22(24(18-23)28-2)19-25-13-6-14-26-15-11-21(12-16-26)17-20-7-4-3-5-8-20;1-17-10-5-11-18-12-8-16(9-13-18)14-15-6-3-2-4-7-15;15-8-11-16-9-6-14(7-10-16)12-13-4-2-1-3-5-13;1-2-14-11(13)7-9-3-5-10(8-12)6-4-9;1-7-2-4-8(5-3-7)6-9(10)11;1-7(2,5-9)11-12-8(3,4)6-10;1-2-3/h2-6,8-13,21,23H,7,14-20H2,1H3,(H,31,34);3-5,7-10,18-19,21H,6,11-17H2,1-2H3;2-4,6-7,16-17H,5,8-14H2,1H3;1-5,14H,6-12,15H2;3-6H,2,7-8H2,1H3;2-5H,6H2,1H3,(H,10,11);1-4H3;3H. The van der Waals surface area contributed by atoms with Crippen molar-refractivity contribution < 1.29 is 46.9 Å². The predicted octanol–water partition coefficient (Wildman–Crippen LogP) is 20.0. The number of anilines is 1. The SMILES string of the molecule is CC(C)(C#N)N=NC(C)(C)C#N.CCOC(=O)Cc1ccc(CBr)cc1.CN(CCCN1CCC(Cc2ccccc2)CC1)C(=O)c1ccc2c(c1)NC(=O)c1ccccc1S2(=O)=O.CNCCCN1CCC(Cc2ccccc2)CC1.COc1ccc(C=NCCCN2CCC(Cc3ccccc3)CC2)c(OC)c1.Cc1ccc(CC(=O)O)cc1.NCCN1CCC(Cc2ccccc2)CC1.[B]=NS. The van der Waals surface area contributed by atoms with Crippen LogP contribution >= 0.6 is 28.7 Å². The van der Waals surface area contributed by atoms with Crippen LogP contribution in [0.4, 0.5) is 5.69 Å². The van der Waals surface area contributed by atoms with E-state index in [1.165, 1.54) is 181 Å². The van der Waals surface area contributed by atoms with E-state index < -0.39 is 32.8 Å². The molecule has 4 saturated heterocycles. The average molecular weight is 2010 g/mol. The summed E-state index contributed by atoms with van der Waals surface area (Å²) in [6.07, 6.45) is 20.9. The Labute approximate surface area is 849 Å². The Hall–Kier alpha value is -10.9. The Bertz CT molecular complexity index is 5350. The van der Waals surface area contributed by atoms with Gasteiger partial charge in [0.05, 0.1) is 66.8 Å². The zero-order valence-electron chi connectivity index (χ0n) is 84.0. The van der Waals surface area contributed by atoms with Crippen LogP contribution in [0.25, 0.3) is 0 Å². The summed E-state index contributed by atoms with van der Waals surface area (Å²) in [6.45, 7) is 28.2. The van der Waals surface area contributed by atoms with E-state index in [-0.39, 0.29) is 39.3 Å². The molecule has 14 rings (SSSR count). The van der Waals surface area contributed by atoms with Crippen molar-refractivity contribution in [1.82, 2.24) is 29.8 Å². The number of carbonyl (C=O) groups excluding carboxylic acids is 3. The summed E-state index contributed by atoms with van der Waals surface area (Å²) in [4.78, 5) is 63.6. The Balaban J connectivity index is 0.000000232. The molecule has 0 spiro atoms. The number of alkyl halides is 1. The first-order chi connectivity index (χ1) is 67.5. The zero-order chi connectivity index (χ0) is 101. The number of amides is 2. The molecule has 0 unspecified atom stereocenters. The molecular weight excluding hydrogens is 1860 g/mol. The second-order valence-corrected chi connectivity index (χ2v) is 39.7. The van der Waals surface area contributed by atoms with Crippen LogP contribution in [0.15, 0.2) is 260 Å². The van der Waals surface area contributed by atoms with Gasteiger partial charge in [-0.1, -0.05) is 203 Å². The zero-order valence-corrected chi connectivity index (χ0v) is 87.3. The van der Waals surface area contributed by atoms with E-state index in [1.807, 2.05) is 106 Å². The molecule has 2 amide bonds. The number of hydrogen-bond donors (Lipinski definition) is 5. The van der Waals surface area contributed by atoms with Crippen molar-refractivity contribution in [2.75, 3.05) is 145 Å². The van der Waals surface area contributed by atoms with Gasteiger partial charge in [0, 0.05) is 62.0 Å². The molecule has 28 heteroatoms. The van der Waals surface area contributed by atoms with Gasteiger partial charge in [-0.05, 0) is 329 Å². The van der Waals surface area contributed by atoms with Gasteiger partial charge >= 0.3 is 36.7 Å². The number of fused-ring (bicyclic) bond motifs is 2. The number of nitriles is 2. The molecule has 9 aromatic carbocycles. The van der Waals surface area contributed by atoms with Crippen LogP contribution in [-0.4, -0.2) is 226 Å². The number of aryl methyl sites for hydroxylation is 1. The molecule has 0 aromatic heterocycles. The first-order valence-corrected chi connectivity index (χ1v) is 52.1. The summed E-state index contributed by atoms with van der Waals surface area (Å²) in [7, 11) is 7.56. The maximum absolute atomic E-state index is 13.2. The number of piperidine rings is 4. The van der Waals surface area contributed by atoms with Gasteiger partial charge in [0.1, 0.15) is 11.5 Å². The third-order valence-corrected chi connectivity index (χ3v) is 27.5. The number of aliphatic carboxylic acids is 1. The van der Waals surface area contributed by atoms with Crippen LogP contribution in [0.5, 0.6) is 11.5 Å². The number of sulfone groups is 1. The fraction of sp³-hybridized carbons (Fsp3) is 0.455. The molecule has 5 heterocycles. The summed E-state index contributed by atoms with van der Waals surface area (Å²) in [5.74, 6) is 3.25. The number of carboxylic acid groups (broad SMARTS) is 1. The van der Waals surface area contributed by atoms with Gasteiger partial charge in [-0.3, -0.25) is 24.2 Å². The minimum absolute atomic E-state index is 0.00864. The number of thiol groups is 1. The van der Waals surface area contributed by atoms with Crippen LogP contribution in [-0.2, 0) is 68.0 Å². The van der Waals surface area contributed by atoms with Crippen molar-refractivity contribution in [3.8, 4) is 23.6 Å². The van der Waals surface area contributed by atoms with Gasteiger partial charge < -0.3 is 60.2 Å². The predicted molar refractivity (Wildman–Crippen MR) is 573 cm³/mol. The minimum atomic E-state index is -3.90. The number of carbonyl (C=O) groups is 4. The fourth-order valence-corrected chi connectivity index (χ4v) is 18.9. The molecule has 24 nitrogen and oxygen atoms in total. The molecular formula is C112H149BBrN14O10S2. The van der Waals surface area contributed by atoms with Crippen LogP contribution < -0.4 is 25.8 Å². The summed E-state index contributed by atoms with van der Waals surface area (Å²) < 4.78 is 44.6. The van der Waals surface area contributed by atoms with E-state index in [0.29, 0.717) is 25.1 Å². The van der Waals surface area contributed by atoms with Crippen molar-refractivity contribution in [2.24, 2.45) is 48.9 Å². The van der Waals surface area contributed by atoms with E-state index >= 15 is 0 Å². The molecule has 1 radical (unpaired) electrons. The van der Waals surface area contributed by atoms with E-state index in [9.17, 15) is 27.6 Å². The number of likely N-dealkylation sites (tertiary alicyclic amines) is 4. The van der Waals surface area contributed by atoms with Crippen LogP contribution in [0.3, 0.4) is 0 Å². The number of carboxylic acids is 1. The number of nitrogens with one attached hydrogen (secondary N) is 2. The average Bonchev–Trinajstić information content (AvgIpc) is 1.58. The number of halogens is 1. The first kappa shape index (κ1) is 116. The topological polar surface area (TPSA) is 314 Å². The number of methoxy groups -OCH3 is 2. The molecule has 0 atom stereocenters. The number of esters is 1. The van der Waals surface area contributed by atoms with Crippen LogP contribution in [0, 0.1) is 53.3 Å². The number of nitrogens with zero attached hydrogens (tertiary/aromatic N) is 11. The molecule has 5 aliphatic rings. The van der Waals surface area contributed by atoms with Gasteiger partial charge in [0.2, 0.25) is 9.84 Å². The number of hydrogen-bond acceptors (Lipinski definition) is 22. The van der Waals surface area contributed by atoms with Crippen LogP contribution in [0.2, 0.25) is 0 Å². The number of aliphatic imine (C=N–C) groups is 1. The van der Waals surface area contributed by atoms with Gasteiger partial charge in [0.25, 0.3) is 11.8 Å². The third kappa shape index (κ3) is 44.1. The Morgan fingerprint density at radius 2 is 1.00 bits per heavy atom. The molecule has 0 bridgehead atoms. The Kier molecular flexibility index (Phi) is 53.5. The van der Waals surface area contributed by atoms with Crippen molar-refractivity contribution in [3.63, 3.8) is 0 Å². The molecule has 9 aromatic rings. The summed E-state index contributed by atoms with van der Waals surface area (Å²) in [6, 6.07) is 79.0. The van der Waals surface area contributed by atoms with E-state index in [2.05, 4.69) is 207 Å². The van der Waals surface area contributed by atoms with E-state index in [4.69, 9.17) is 35.6 Å². The van der Waals surface area contributed by atoms with Crippen LogP contribution in [0.1, 0.15) is 176 Å².